The predicted octanol–water partition coefficient (Wildman–Crippen LogP) is 7.24. The standard InChI is InChI=1S/C24H47O6P/c1-2-21-24(25)29-22-19-17-15-13-11-9-7-5-3-4-6-8-10-12-14-16-18-20-23-30-31(26,27)28/h2,21H,3-20,22-23H2,1H3,(H2,26,27,28). The lowest BCUT2D eigenvalue weighted by atomic mass is 10.0. The molecule has 0 spiro atoms. The first-order chi connectivity index (χ1) is 15.0. The fourth-order valence-corrected chi connectivity index (χ4v) is 3.94. The number of phosphoric acid groups is 1. The van der Waals surface area contributed by atoms with Gasteiger partial charge in [0.25, 0.3) is 0 Å². The lowest BCUT2D eigenvalue weighted by molar-refractivity contribution is -0.137. The molecule has 0 aromatic carbocycles. The van der Waals surface area contributed by atoms with Crippen molar-refractivity contribution in [2.45, 2.75) is 122 Å². The van der Waals surface area contributed by atoms with Crippen LogP contribution < -0.4 is 0 Å². The van der Waals surface area contributed by atoms with Crippen LogP contribution in [0.25, 0.3) is 0 Å². The van der Waals surface area contributed by atoms with Gasteiger partial charge in [-0.25, -0.2) is 9.36 Å². The van der Waals surface area contributed by atoms with Crippen molar-refractivity contribution in [2.75, 3.05) is 13.2 Å². The Balaban J connectivity index is 3.09. The number of rotatable bonds is 23. The second-order valence-electron chi connectivity index (χ2n) is 8.36. The fraction of sp³-hybridized carbons (Fsp3) is 0.875. The zero-order valence-electron chi connectivity index (χ0n) is 19.8. The molecule has 0 atom stereocenters. The first kappa shape index (κ1) is 30.3. The van der Waals surface area contributed by atoms with Crippen LogP contribution in [0.2, 0.25) is 0 Å². The van der Waals surface area contributed by atoms with Gasteiger partial charge in [0.15, 0.2) is 0 Å². The van der Waals surface area contributed by atoms with E-state index in [0.29, 0.717) is 6.61 Å². The molecule has 0 aromatic rings. The molecule has 0 saturated carbocycles. The van der Waals surface area contributed by atoms with E-state index in [2.05, 4.69) is 4.52 Å². The molecule has 0 radical (unpaired) electrons. The van der Waals surface area contributed by atoms with Crippen molar-refractivity contribution in [1.29, 1.82) is 0 Å². The molecule has 0 unspecified atom stereocenters. The molecule has 0 saturated heterocycles. The highest BCUT2D eigenvalue weighted by atomic mass is 31.2. The van der Waals surface area contributed by atoms with Crippen LogP contribution in [-0.4, -0.2) is 29.0 Å². The Morgan fingerprint density at radius 3 is 1.29 bits per heavy atom. The van der Waals surface area contributed by atoms with Gasteiger partial charge in [0, 0.05) is 6.08 Å². The van der Waals surface area contributed by atoms with Crippen LogP contribution in [-0.2, 0) is 18.6 Å². The van der Waals surface area contributed by atoms with Crippen molar-refractivity contribution in [3.8, 4) is 0 Å². The van der Waals surface area contributed by atoms with E-state index in [4.69, 9.17) is 14.5 Å². The molecule has 0 amide bonds. The molecule has 7 heteroatoms. The number of hydrogen-bond donors (Lipinski definition) is 2. The summed E-state index contributed by atoms with van der Waals surface area (Å²) in [5.41, 5.74) is 0. The molecule has 0 aliphatic heterocycles. The third-order valence-electron chi connectivity index (χ3n) is 5.35. The zero-order chi connectivity index (χ0) is 23.0. The Labute approximate surface area is 190 Å². The number of carbonyl (C=O) groups excluding carboxylic acids is 1. The lowest BCUT2D eigenvalue weighted by Gasteiger charge is -2.05. The van der Waals surface area contributed by atoms with Gasteiger partial charge >= 0.3 is 13.8 Å². The molecule has 2 N–H and O–H groups in total. The largest absolute Gasteiger partial charge is 0.469 e. The first-order valence-electron chi connectivity index (χ1n) is 12.5. The summed E-state index contributed by atoms with van der Waals surface area (Å²) in [5, 5.41) is 0. The van der Waals surface area contributed by atoms with Crippen LogP contribution in [0.1, 0.15) is 122 Å². The molecule has 0 rings (SSSR count). The van der Waals surface area contributed by atoms with Crippen LogP contribution in [0, 0.1) is 0 Å². The van der Waals surface area contributed by atoms with Crippen molar-refractivity contribution < 1.29 is 28.4 Å². The molecule has 0 aliphatic rings. The molecular formula is C24H47O6P. The Bertz CT molecular complexity index is 475. The van der Waals surface area contributed by atoms with Crippen molar-refractivity contribution in [3.05, 3.63) is 12.2 Å². The number of phosphoric ester groups is 1. The maximum atomic E-state index is 11.1. The minimum Gasteiger partial charge on any atom is -0.463 e. The summed E-state index contributed by atoms with van der Waals surface area (Å²) >= 11 is 0. The minimum atomic E-state index is -4.28. The summed E-state index contributed by atoms with van der Waals surface area (Å²) in [4.78, 5) is 28.3. The van der Waals surface area contributed by atoms with E-state index in [1.54, 1.807) is 6.08 Å². The number of unbranched alkanes of at least 4 members (excludes halogenated alkanes) is 17. The number of hydrogen-bond acceptors (Lipinski definition) is 4. The van der Waals surface area contributed by atoms with Gasteiger partial charge in [0.2, 0.25) is 0 Å². The van der Waals surface area contributed by atoms with Gasteiger partial charge in [-0.15, -0.1) is 0 Å². The van der Waals surface area contributed by atoms with E-state index < -0.39 is 7.82 Å². The van der Waals surface area contributed by atoms with Crippen molar-refractivity contribution in [1.82, 2.24) is 0 Å². The Morgan fingerprint density at radius 2 is 0.968 bits per heavy atom. The quantitative estimate of drug-likeness (QED) is 0.0719. The summed E-state index contributed by atoms with van der Waals surface area (Å²) in [5.74, 6) is -0.232. The monoisotopic (exact) mass is 462 g/mol. The average Bonchev–Trinajstić information content (AvgIpc) is 2.71. The van der Waals surface area contributed by atoms with Crippen molar-refractivity contribution >= 4 is 13.8 Å². The van der Waals surface area contributed by atoms with E-state index in [1.165, 1.54) is 89.5 Å². The molecule has 0 heterocycles. The molecule has 0 aromatic heterocycles. The molecule has 184 valence electrons. The Morgan fingerprint density at radius 1 is 0.645 bits per heavy atom. The molecule has 0 bridgehead atoms. The smallest absolute Gasteiger partial charge is 0.463 e. The minimum absolute atomic E-state index is 0.153. The van der Waals surface area contributed by atoms with Crippen LogP contribution in [0.15, 0.2) is 12.2 Å². The van der Waals surface area contributed by atoms with Gasteiger partial charge < -0.3 is 14.5 Å². The Hall–Kier alpha value is -0.680. The number of allylic oxidation sites excluding steroid dienone is 1. The van der Waals surface area contributed by atoms with E-state index in [-0.39, 0.29) is 12.6 Å². The van der Waals surface area contributed by atoms with Gasteiger partial charge in [-0.3, -0.25) is 4.52 Å². The van der Waals surface area contributed by atoms with Gasteiger partial charge in [-0.05, 0) is 19.8 Å². The van der Waals surface area contributed by atoms with Gasteiger partial charge in [0.1, 0.15) is 0 Å². The van der Waals surface area contributed by atoms with Crippen LogP contribution in [0.4, 0.5) is 0 Å². The number of esters is 1. The summed E-state index contributed by atoms with van der Waals surface area (Å²) in [6.07, 6.45) is 25.2. The highest BCUT2D eigenvalue weighted by Crippen LogP contribution is 2.35. The third-order valence-corrected chi connectivity index (χ3v) is 5.86. The van der Waals surface area contributed by atoms with Gasteiger partial charge in [0.05, 0.1) is 13.2 Å². The molecule has 0 fully saturated rings. The zero-order valence-corrected chi connectivity index (χ0v) is 20.7. The van der Waals surface area contributed by atoms with Gasteiger partial charge in [-0.1, -0.05) is 109 Å². The van der Waals surface area contributed by atoms with E-state index in [9.17, 15) is 9.36 Å². The molecule has 31 heavy (non-hydrogen) atoms. The van der Waals surface area contributed by atoms with E-state index in [1.807, 2.05) is 6.92 Å². The highest BCUT2D eigenvalue weighted by molar-refractivity contribution is 7.46. The molecule has 0 aliphatic carbocycles. The molecule has 6 nitrogen and oxygen atoms in total. The normalized spacial score (nSPS) is 12.0. The molecular weight excluding hydrogens is 415 g/mol. The third kappa shape index (κ3) is 27.3. The summed E-state index contributed by atoms with van der Waals surface area (Å²) < 4.78 is 20.0. The first-order valence-corrected chi connectivity index (χ1v) is 14.0. The fourth-order valence-electron chi connectivity index (χ4n) is 3.57. The predicted molar refractivity (Wildman–Crippen MR) is 127 cm³/mol. The maximum absolute atomic E-state index is 11.1. The summed E-state index contributed by atoms with van der Waals surface area (Å²) in [6, 6.07) is 0. The van der Waals surface area contributed by atoms with Gasteiger partial charge in [-0.2, -0.15) is 0 Å². The average molecular weight is 463 g/mol. The topological polar surface area (TPSA) is 93.1 Å². The Kier molecular flexibility index (Phi) is 22.0. The highest BCUT2D eigenvalue weighted by Gasteiger charge is 2.12. The second kappa shape index (κ2) is 22.5. The SMILES string of the molecule is CC=CC(=O)OCCCCCCCCCCCCCCCCCCCCOP(=O)(O)O. The second-order valence-corrected chi connectivity index (χ2v) is 9.59. The maximum Gasteiger partial charge on any atom is 0.469 e. The van der Waals surface area contributed by atoms with Crippen molar-refractivity contribution in [2.24, 2.45) is 0 Å². The lowest BCUT2D eigenvalue weighted by Crippen LogP contribution is -2.01. The van der Waals surface area contributed by atoms with Crippen LogP contribution in [0.5, 0.6) is 0 Å². The summed E-state index contributed by atoms with van der Waals surface area (Å²) in [6.45, 7) is 2.51. The number of ether oxygens (including phenoxy) is 1. The van der Waals surface area contributed by atoms with Crippen LogP contribution in [0.3, 0.4) is 0 Å². The van der Waals surface area contributed by atoms with E-state index >= 15 is 0 Å². The summed E-state index contributed by atoms with van der Waals surface area (Å²) in [7, 11) is -4.28. The van der Waals surface area contributed by atoms with E-state index in [0.717, 1.165) is 32.1 Å². The van der Waals surface area contributed by atoms with Crippen LogP contribution >= 0.6 is 7.82 Å². The number of carbonyl (C=O) groups is 1. The van der Waals surface area contributed by atoms with Crippen molar-refractivity contribution in [3.63, 3.8) is 0 Å².